The first kappa shape index (κ1) is 17.9. The molecule has 0 bridgehead atoms. The van der Waals surface area contributed by atoms with Gasteiger partial charge in [-0.2, -0.15) is 11.8 Å². The summed E-state index contributed by atoms with van der Waals surface area (Å²) in [6.45, 7) is 1.52. The molecule has 0 amide bonds. The zero-order valence-electron chi connectivity index (χ0n) is 10.9. The van der Waals surface area contributed by atoms with E-state index in [0.717, 1.165) is 0 Å². The molecule has 0 radical (unpaired) electrons. The lowest BCUT2D eigenvalue weighted by atomic mass is 10.3. The summed E-state index contributed by atoms with van der Waals surface area (Å²) < 4.78 is 27.1. The van der Waals surface area contributed by atoms with Crippen LogP contribution in [0.5, 0.6) is 0 Å². The molecule has 0 aromatic heterocycles. The smallest absolute Gasteiger partial charge is 0.244 e. The summed E-state index contributed by atoms with van der Waals surface area (Å²) in [5, 5.41) is 9.14. The molecule has 0 saturated carbocycles. The van der Waals surface area contributed by atoms with Gasteiger partial charge in [-0.25, -0.2) is 13.1 Å². The molecule has 0 heterocycles. The van der Waals surface area contributed by atoms with Crippen LogP contribution in [0.1, 0.15) is 6.92 Å². The summed E-state index contributed by atoms with van der Waals surface area (Å²) in [6.07, 6.45) is 1.79. The Morgan fingerprint density at radius 2 is 2.05 bits per heavy atom. The van der Waals surface area contributed by atoms with E-state index >= 15 is 0 Å². The minimum Gasteiger partial charge on any atom is -0.398 e. The van der Waals surface area contributed by atoms with Crippen LogP contribution in [0.2, 0.25) is 10.0 Å². The van der Waals surface area contributed by atoms with Crippen molar-refractivity contribution in [3.63, 3.8) is 0 Å². The lowest BCUT2D eigenvalue weighted by molar-refractivity contribution is 0.282. The lowest BCUT2D eigenvalue weighted by Gasteiger charge is -2.22. The van der Waals surface area contributed by atoms with Crippen LogP contribution in [0.3, 0.4) is 0 Å². The lowest BCUT2D eigenvalue weighted by Crippen LogP contribution is -2.41. The normalized spacial score (nSPS) is 15.1. The summed E-state index contributed by atoms with van der Waals surface area (Å²) in [7, 11) is -3.89. The zero-order valence-corrected chi connectivity index (χ0v) is 14.1. The van der Waals surface area contributed by atoms with E-state index in [-0.39, 0.29) is 32.5 Å². The average Bonchev–Trinajstić information content (AvgIpc) is 2.27. The number of benzene rings is 1. The van der Waals surface area contributed by atoms with Crippen LogP contribution in [0.4, 0.5) is 5.69 Å². The SMILES string of the molecule is CSC(CO)C(C)NS(=O)(=O)c1c(N)cc(Cl)cc1Cl. The standard InChI is InChI=1S/C11H16Cl2N2O3S2/c1-6(10(5-16)19-2)15-20(17,18)11-8(13)3-7(12)4-9(11)14/h3-4,6,10,15-16H,5,14H2,1-2H3. The number of nitrogens with two attached hydrogens (primary N) is 1. The van der Waals surface area contributed by atoms with Crippen LogP contribution in [-0.2, 0) is 10.0 Å². The number of nitrogens with one attached hydrogen (secondary N) is 1. The van der Waals surface area contributed by atoms with Crippen molar-refractivity contribution in [1.29, 1.82) is 0 Å². The Bertz CT molecular complexity index is 554. The van der Waals surface area contributed by atoms with Gasteiger partial charge in [0, 0.05) is 16.3 Å². The number of aliphatic hydroxyl groups is 1. The molecule has 0 aliphatic rings. The van der Waals surface area contributed by atoms with Gasteiger partial charge in [-0.05, 0) is 25.3 Å². The van der Waals surface area contributed by atoms with Gasteiger partial charge in [0.25, 0.3) is 0 Å². The monoisotopic (exact) mass is 358 g/mol. The van der Waals surface area contributed by atoms with Gasteiger partial charge in [-0.3, -0.25) is 0 Å². The van der Waals surface area contributed by atoms with E-state index in [4.69, 9.17) is 28.9 Å². The van der Waals surface area contributed by atoms with Crippen LogP contribution < -0.4 is 10.5 Å². The summed E-state index contributed by atoms with van der Waals surface area (Å²) in [5.41, 5.74) is 5.66. The fraction of sp³-hybridized carbons (Fsp3) is 0.455. The molecule has 2 unspecified atom stereocenters. The number of sulfonamides is 1. The van der Waals surface area contributed by atoms with Crippen molar-refractivity contribution < 1.29 is 13.5 Å². The van der Waals surface area contributed by atoms with Gasteiger partial charge in [-0.1, -0.05) is 23.2 Å². The molecule has 2 atom stereocenters. The number of aliphatic hydroxyl groups excluding tert-OH is 1. The molecule has 5 nitrogen and oxygen atoms in total. The van der Waals surface area contributed by atoms with Gasteiger partial charge < -0.3 is 10.8 Å². The van der Waals surface area contributed by atoms with E-state index in [0.29, 0.717) is 0 Å². The Hall–Kier alpha value is -0.180. The summed E-state index contributed by atoms with van der Waals surface area (Å²) in [4.78, 5) is -0.201. The molecular formula is C11H16Cl2N2O3S2. The third kappa shape index (κ3) is 4.16. The maximum Gasteiger partial charge on any atom is 0.244 e. The van der Waals surface area contributed by atoms with Crippen molar-refractivity contribution in [2.75, 3.05) is 18.6 Å². The number of thioether (sulfide) groups is 1. The molecule has 9 heteroatoms. The predicted octanol–water partition coefficient (Wildman–Crippen LogP) is 1.97. The van der Waals surface area contributed by atoms with Gasteiger partial charge in [0.2, 0.25) is 10.0 Å². The highest BCUT2D eigenvalue weighted by Crippen LogP contribution is 2.31. The van der Waals surface area contributed by atoms with Crippen molar-refractivity contribution in [3.05, 3.63) is 22.2 Å². The maximum atomic E-state index is 12.3. The fourth-order valence-corrected chi connectivity index (χ4v) is 4.66. The summed E-state index contributed by atoms with van der Waals surface area (Å²) in [5.74, 6) is 0. The van der Waals surface area contributed by atoms with Gasteiger partial charge in [0.05, 0.1) is 17.3 Å². The quantitative estimate of drug-likeness (QED) is 0.676. The molecular weight excluding hydrogens is 343 g/mol. The first-order valence-electron chi connectivity index (χ1n) is 5.63. The van der Waals surface area contributed by atoms with Crippen LogP contribution in [0.25, 0.3) is 0 Å². The Kier molecular flexibility index (Phi) is 6.43. The minimum atomic E-state index is -3.89. The second-order valence-electron chi connectivity index (χ2n) is 4.17. The number of nitrogen functional groups attached to an aromatic ring is 1. The zero-order chi connectivity index (χ0) is 15.5. The van der Waals surface area contributed by atoms with E-state index in [9.17, 15) is 13.5 Å². The third-order valence-corrected chi connectivity index (χ3v) is 6.15. The molecule has 1 aromatic rings. The highest BCUT2D eigenvalue weighted by Gasteiger charge is 2.26. The van der Waals surface area contributed by atoms with E-state index < -0.39 is 16.1 Å². The van der Waals surface area contributed by atoms with Gasteiger partial charge >= 0.3 is 0 Å². The summed E-state index contributed by atoms with van der Waals surface area (Å²) >= 11 is 13.0. The third-order valence-electron chi connectivity index (χ3n) is 2.69. The molecule has 20 heavy (non-hydrogen) atoms. The highest BCUT2D eigenvalue weighted by atomic mass is 35.5. The van der Waals surface area contributed by atoms with Crippen LogP contribution in [-0.4, -0.2) is 37.7 Å². The largest absolute Gasteiger partial charge is 0.398 e. The van der Waals surface area contributed by atoms with Crippen LogP contribution >= 0.6 is 35.0 Å². The number of rotatable bonds is 6. The Balaban J connectivity index is 3.12. The predicted molar refractivity (Wildman–Crippen MR) is 85.0 cm³/mol. The van der Waals surface area contributed by atoms with Crippen molar-refractivity contribution in [2.45, 2.75) is 23.1 Å². The molecule has 114 valence electrons. The highest BCUT2D eigenvalue weighted by molar-refractivity contribution is 7.99. The molecule has 4 N–H and O–H groups in total. The maximum absolute atomic E-state index is 12.3. The van der Waals surface area contributed by atoms with Crippen molar-refractivity contribution in [1.82, 2.24) is 4.72 Å². The number of hydrogen-bond donors (Lipinski definition) is 3. The first-order valence-corrected chi connectivity index (χ1v) is 9.16. The molecule has 0 aliphatic heterocycles. The molecule has 1 aromatic carbocycles. The number of anilines is 1. The summed E-state index contributed by atoms with van der Waals surface area (Å²) in [6, 6.07) is 2.16. The Morgan fingerprint density at radius 1 is 1.45 bits per heavy atom. The van der Waals surface area contributed by atoms with Gasteiger partial charge in [0.15, 0.2) is 0 Å². The average molecular weight is 359 g/mol. The van der Waals surface area contributed by atoms with Crippen LogP contribution in [0, 0.1) is 0 Å². The number of halogens is 2. The first-order chi connectivity index (χ1) is 9.22. The molecule has 0 fully saturated rings. The molecule has 0 spiro atoms. The second kappa shape index (κ2) is 7.20. The molecule has 0 aliphatic carbocycles. The van der Waals surface area contributed by atoms with Crippen LogP contribution in [0.15, 0.2) is 17.0 Å². The minimum absolute atomic E-state index is 0.0214. The number of hydrogen-bond acceptors (Lipinski definition) is 5. The van der Waals surface area contributed by atoms with Gasteiger partial charge in [-0.15, -0.1) is 0 Å². The fourth-order valence-electron chi connectivity index (χ4n) is 1.68. The Labute approximate surface area is 132 Å². The van der Waals surface area contributed by atoms with E-state index in [2.05, 4.69) is 4.72 Å². The van der Waals surface area contributed by atoms with E-state index in [1.165, 1.54) is 23.9 Å². The Morgan fingerprint density at radius 3 is 2.50 bits per heavy atom. The van der Waals surface area contributed by atoms with Gasteiger partial charge in [0.1, 0.15) is 4.90 Å². The molecule has 0 saturated heterocycles. The molecule has 1 rings (SSSR count). The topological polar surface area (TPSA) is 92.4 Å². The van der Waals surface area contributed by atoms with E-state index in [1.807, 2.05) is 0 Å². The second-order valence-corrected chi connectivity index (χ2v) is 7.74. The van der Waals surface area contributed by atoms with Crippen molar-refractivity contribution in [2.24, 2.45) is 0 Å². The van der Waals surface area contributed by atoms with Crippen molar-refractivity contribution >= 4 is 50.7 Å². The van der Waals surface area contributed by atoms with Crippen molar-refractivity contribution in [3.8, 4) is 0 Å². The van der Waals surface area contributed by atoms with E-state index in [1.54, 1.807) is 13.2 Å².